The van der Waals surface area contributed by atoms with Crippen LogP contribution in [0.25, 0.3) is 0 Å². The second-order valence-electron chi connectivity index (χ2n) is 7.00. The van der Waals surface area contributed by atoms with E-state index in [0.717, 1.165) is 11.1 Å². The second kappa shape index (κ2) is 10.9. The number of hydrogen-bond donors (Lipinski definition) is 2. The van der Waals surface area contributed by atoms with Gasteiger partial charge in [0.2, 0.25) is 0 Å². The summed E-state index contributed by atoms with van der Waals surface area (Å²) in [5.41, 5.74) is 2.17. The van der Waals surface area contributed by atoms with Crippen molar-refractivity contribution in [1.29, 1.82) is 0 Å². The standard InChI is InChI=1S/C24H24N2O7/c1-15-6-8-17(12-18(15)26-23(28)20-5-4-10-32-20)24(29)33-14-22(27)25-13-16-7-9-19(30-2)21(11-16)31-3/h4-12H,13-14H2,1-3H3,(H,25,27)(H,26,28). The SMILES string of the molecule is COc1ccc(CNC(=O)COC(=O)c2ccc(C)c(NC(=O)c3ccco3)c2)cc1OC. The Balaban J connectivity index is 1.54. The summed E-state index contributed by atoms with van der Waals surface area (Å²) in [4.78, 5) is 36.7. The van der Waals surface area contributed by atoms with E-state index in [4.69, 9.17) is 18.6 Å². The minimum Gasteiger partial charge on any atom is -0.493 e. The number of esters is 1. The zero-order valence-electron chi connectivity index (χ0n) is 18.5. The van der Waals surface area contributed by atoms with E-state index in [9.17, 15) is 14.4 Å². The summed E-state index contributed by atoms with van der Waals surface area (Å²) in [6.45, 7) is 1.56. The molecule has 0 saturated carbocycles. The number of amides is 2. The predicted molar refractivity (Wildman–Crippen MR) is 120 cm³/mol. The van der Waals surface area contributed by atoms with Crippen molar-refractivity contribution in [2.45, 2.75) is 13.5 Å². The highest BCUT2D eigenvalue weighted by Gasteiger charge is 2.15. The summed E-state index contributed by atoms with van der Waals surface area (Å²) in [5.74, 6) is -0.317. The number of carbonyl (C=O) groups is 3. The molecule has 2 aromatic carbocycles. The van der Waals surface area contributed by atoms with Crippen molar-refractivity contribution in [3.05, 3.63) is 77.2 Å². The number of rotatable bonds is 9. The van der Waals surface area contributed by atoms with Gasteiger partial charge in [-0.2, -0.15) is 0 Å². The minimum absolute atomic E-state index is 0.147. The van der Waals surface area contributed by atoms with Gasteiger partial charge in [-0.15, -0.1) is 0 Å². The number of methoxy groups -OCH3 is 2. The number of nitrogens with one attached hydrogen (secondary N) is 2. The van der Waals surface area contributed by atoms with Crippen LogP contribution >= 0.6 is 0 Å². The Bertz CT molecular complexity index is 1140. The number of ether oxygens (including phenoxy) is 3. The average molecular weight is 452 g/mol. The molecule has 0 radical (unpaired) electrons. The predicted octanol–water partition coefficient (Wildman–Crippen LogP) is 3.33. The molecule has 0 bridgehead atoms. The van der Waals surface area contributed by atoms with Gasteiger partial charge in [0.15, 0.2) is 23.9 Å². The van der Waals surface area contributed by atoms with E-state index in [1.165, 1.54) is 32.6 Å². The maximum atomic E-state index is 12.4. The number of hydrogen-bond acceptors (Lipinski definition) is 7. The first-order chi connectivity index (χ1) is 15.9. The molecule has 0 unspecified atom stereocenters. The van der Waals surface area contributed by atoms with E-state index in [1.807, 2.05) is 0 Å². The topological polar surface area (TPSA) is 116 Å². The summed E-state index contributed by atoms with van der Waals surface area (Å²) >= 11 is 0. The van der Waals surface area contributed by atoms with Gasteiger partial charge >= 0.3 is 5.97 Å². The highest BCUT2D eigenvalue weighted by molar-refractivity contribution is 6.03. The van der Waals surface area contributed by atoms with Gasteiger partial charge in [-0.05, 0) is 54.4 Å². The molecule has 1 heterocycles. The molecule has 0 fully saturated rings. The van der Waals surface area contributed by atoms with Gasteiger partial charge in [-0.3, -0.25) is 9.59 Å². The Morgan fingerprint density at radius 3 is 2.45 bits per heavy atom. The highest BCUT2D eigenvalue weighted by atomic mass is 16.5. The number of benzene rings is 2. The van der Waals surface area contributed by atoms with E-state index in [0.29, 0.717) is 17.2 Å². The van der Waals surface area contributed by atoms with Gasteiger partial charge in [0.05, 0.1) is 26.0 Å². The van der Waals surface area contributed by atoms with Gasteiger partial charge in [-0.1, -0.05) is 12.1 Å². The van der Waals surface area contributed by atoms with Crippen molar-refractivity contribution in [2.75, 3.05) is 26.1 Å². The molecule has 33 heavy (non-hydrogen) atoms. The van der Waals surface area contributed by atoms with Crippen molar-refractivity contribution in [1.82, 2.24) is 5.32 Å². The molecule has 0 atom stereocenters. The van der Waals surface area contributed by atoms with Crippen LogP contribution in [-0.2, 0) is 16.1 Å². The Morgan fingerprint density at radius 2 is 1.76 bits per heavy atom. The van der Waals surface area contributed by atoms with Crippen molar-refractivity contribution >= 4 is 23.5 Å². The molecular formula is C24H24N2O7. The third-order valence-corrected chi connectivity index (χ3v) is 4.74. The van der Waals surface area contributed by atoms with Crippen LogP contribution in [0.5, 0.6) is 11.5 Å². The zero-order valence-corrected chi connectivity index (χ0v) is 18.5. The maximum Gasteiger partial charge on any atom is 0.338 e. The number of anilines is 1. The number of carbonyl (C=O) groups excluding carboxylic acids is 3. The fraction of sp³-hybridized carbons (Fsp3) is 0.208. The van der Waals surface area contributed by atoms with Crippen molar-refractivity contribution < 1.29 is 33.0 Å². The average Bonchev–Trinajstić information content (AvgIpc) is 3.37. The lowest BCUT2D eigenvalue weighted by molar-refractivity contribution is -0.124. The van der Waals surface area contributed by atoms with Crippen molar-refractivity contribution in [3.63, 3.8) is 0 Å². The Kier molecular flexibility index (Phi) is 7.69. The Labute approximate surface area is 190 Å². The van der Waals surface area contributed by atoms with Gasteiger partial charge in [0.25, 0.3) is 11.8 Å². The third kappa shape index (κ3) is 6.13. The first-order valence-electron chi connectivity index (χ1n) is 10.0. The maximum absolute atomic E-state index is 12.4. The third-order valence-electron chi connectivity index (χ3n) is 4.74. The normalized spacial score (nSPS) is 10.3. The summed E-state index contributed by atoms with van der Waals surface area (Å²) in [5, 5.41) is 5.37. The van der Waals surface area contributed by atoms with Crippen molar-refractivity contribution in [3.8, 4) is 11.5 Å². The summed E-state index contributed by atoms with van der Waals surface area (Å²) in [6.07, 6.45) is 1.39. The molecule has 0 saturated heterocycles. The lowest BCUT2D eigenvalue weighted by atomic mass is 10.1. The van der Waals surface area contributed by atoms with Crippen LogP contribution in [0.4, 0.5) is 5.69 Å². The lowest BCUT2D eigenvalue weighted by Gasteiger charge is -2.11. The molecule has 0 aliphatic rings. The summed E-state index contributed by atoms with van der Waals surface area (Å²) in [7, 11) is 3.07. The monoisotopic (exact) mass is 452 g/mol. The van der Waals surface area contributed by atoms with Crippen molar-refractivity contribution in [2.24, 2.45) is 0 Å². The molecule has 9 heteroatoms. The molecule has 0 aliphatic heterocycles. The van der Waals surface area contributed by atoms with Crippen LogP contribution in [0.3, 0.4) is 0 Å². The van der Waals surface area contributed by atoms with E-state index in [-0.39, 0.29) is 17.9 Å². The smallest absolute Gasteiger partial charge is 0.338 e. The lowest BCUT2D eigenvalue weighted by Crippen LogP contribution is -2.28. The summed E-state index contributed by atoms with van der Waals surface area (Å²) < 4.78 is 20.6. The second-order valence-corrected chi connectivity index (χ2v) is 7.00. The van der Waals surface area contributed by atoms with E-state index in [2.05, 4.69) is 10.6 Å². The molecule has 172 valence electrons. The molecule has 9 nitrogen and oxygen atoms in total. The van der Waals surface area contributed by atoms with Gasteiger partial charge in [-0.25, -0.2) is 4.79 Å². The van der Waals surface area contributed by atoms with E-state index < -0.39 is 24.4 Å². The summed E-state index contributed by atoms with van der Waals surface area (Å²) in [6, 6.07) is 13.1. The molecule has 2 N–H and O–H groups in total. The molecule has 0 spiro atoms. The highest BCUT2D eigenvalue weighted by Crippen LogP contribution is 2.27. The van der Waals surface area contributed by atoms with Crippen LogP contribution in [0.15, 0.2) is 59.2 Å². The largest absolute Gasteiger partial charge is 0.493 e. The molecule has 3 rings (SSSR count). The molecule has 2 amide bonds. The quantitative estimate of drug-likeness (QED) is 0.479. The minimum atomic E-state index is -0.690. The van der Waals surface area contributed by atoms with E-state index >= 15 is 0 Å². The Hall–Kier alpha value is -4.27. The number of furan rings is 1. The van der Waals surface area contributed by atoms with Gasteiger partial charge < -0.3 is 29.3 Å². The van der Waals surface area contributed by atoms with Crippen LogP contribution in [0.1, 0.15) is 32.0 Å². The van der Waals surface area contributed by atoms with Gasteiger partial charge in [0, 0.05) is 12.2 Å². The zero-order chi connectivity index (χ0) is 23.8. The first-order valence-corrected chi connectivity index (χ1v) is 10.0. The molecule has 0 aliphatic carbocycles. The number of aryl methyl sites for hydroxylation is 1. The fourth-order valence-electron chi connectivity index (χ4n) is 2.93. The first kappa shape index (κ1) is 23.4. The molecule has 1 aromatic heterocycles. The van der Waals surface area contributed by atoms with Crippen LogP contribution in [-0.4, -0.2) is 38.6 Å². The van der Waals surface area contributed by atoms with Crippen LogP contribution in [0.2, 0.25) is 0 Å². The van der Waals surface area contributed by atoms with Crippen LogP contribution < -0.4 is 20.1 Å². The van der Waals surface area contributed by atoms with Crippen LogP contribution in [0, 0.1) is 6.92 Å². The van der Waals surface area contributed by atoms with Gasteiger partial charge in [0.1, 0.15) is 0 Å². The molecular weight excluding hydrogens is 428 g/mol. The fourth-order valence-corrected chi connectivity index (χ4v) is 2.93. The molecule has 3 aromatic rings. The van der Waals surface area contributed by atoms with E-state index in [1.54, 1.807) is 43.3 Å². The Morgan fingerprint density at radius 1 is 0.970 bits per heavy atom.